The zero-order valence-corrected chi connectivity index (χ0v) is 15.2. The number of rotatable bonds is 6. The Bertz CT molecular complexity index is 931. The molecule has 0 unspecified atom stereocenters. The van der Waals surface area contributed by atoms with Gasteiger partial charge in [0.1, 0.15) is 0 Å². The van der Waals surface area contributed by atoms with Crippen LogP contribution in [0.25, 0.3) is 6.08 Å². The quantitative estimate of drug-likeness (QED) is 0.621. The van der Waals surface area contributed by atoms with E-state index >= 15 is 0 Å². The van der Waals surface area contributed by atoms with Crippen LogP contribution in [0.4, 0.5) is 5.69 Å². The molecule has 0 radical (unpaired) electrons. The lowest BCUT2D eigenvalue weighted by Crippen LogP contribution is -2.15. The van der Waals surface area contributed by atoms with Gasteiger partial charge in [0, 0.05) is 18.0 Å². The van der Waals surface area contributed by atoms with E-state index in [0.29, 0.717) is 12.3 Å². The van der Waals surface area contributed by atoms with Crippen molar-refractivity contribution in [2.75, 3.05) is 18.2 Å². The summed E-state index contributed by atoms with van der Waals surface area (Å²) in [5, 5.41) is 2.66. The van der Waals surface area contributed by atoms with Gasteiger partial charge in [-0.1, -0.05) is 24.3 Å². The number of anilines is 1. The first-order chi connectivity index (χ1) is 12.3. The molecule has 2 rings (SSSR count). The first-order valence-corrected chi connectivity index (χ1v) is 9.75. The van der Waals surface area contributed by atoms with Gasteiger partial charge in [0.2, 0.25) is 0 Å². The van der Waals surface area contributed by atoms with Crippen molar-refractivity contribution < 1.29 is 22.7 Å². The summed E-state index contributed by atoms with van der Waals surface area (Å²) in [6, 6.07) is 12.8. The molecular weight excluding hydrogens is 354 g/mol. The van der Waals surface area contributed by atoms with E-state index in [1.54, 1.807) is 49.4 Å². The van der Waals surface area contributed by atoms with E-state index in [0.717, 1.165) is 11.8 Å². The fraction of sp³-hybridized carbons (Fsp3) is 0.158. The summed E-state index contributed by atoms with van der Waals surface area (Å²) in [4.78, 5) is 23.7. The van der Waals surface area contributed by atoms with E-state index in [-0.39, 0.29) is 10.5 Å². The second kappa shape index (κ2) is 8.44. The molecule has 26 heavy (non-hydrogen) atoms. The van der Waals surface area contributed by atoms with Crippen LogP contribution in [0.5, 0.6) is 0 Å². The minimum Gasteiger partial charge on any atom is -0.463 e. The zero-order valence-electron chi connectivity index (χ0n) is 14.4. The van der Waals surface area contributed by atoms with E-state index < -0.39 is 21.7 Å². The number of hydrogen-bond donors (Lipinski definition) is 1. The fourth-order valence-electron chi connectivity index (χ4n) is 2.21. The highest BCUT2D eigenvalue weighted by Crippen LogP contribution is 2.18. The summed E-state index contributed by atoms with van der Waals surface area (Å²) in [6.45, 7) is 2.04. The molecule has 0 fully saturated rings. The van der Waals surface area contributed by atoms with E-state index in [1.807, 2.05) is 0 Å². The monoisotopic (exact) mass is 373 g/mol. The number of amides is 1. The molecule has 0 saturated heterocycles. The first kappa shape index (κ1) is 19.4. The average Bonchev–Trinajstić information content (AvgIpc) is 2.60. The Hall–Kier alpha value is -2.93. The molecular formula is C19H19NO5S. The van der Waals surface area contributed by atoms with E-state index in [4.69, 9.17) is 4.74 Å². The number of esters is 1. The lowest BCUT2D eigenvalue weighted by atomic mass is 10.1. The van der Waals surface area contributed by atoms with Crippen molar-refractivity contribution in [1.82, 2.24) is 0 Å². The van der Waals surface area contributed by atoms with Crippen LogP contribution in [0.15, 0.2) is 59.5 Å². The number of ether oxygens (including phenoxy) is 1. The van der Waals surface area contributed by atoms with E-state index in [9.17, 15) is 18.0 Å². The average molecular weight is 373 g/mol. The fourth-order valence-corrected chi connectivity index (χ4v) is 3.09. The molecule has 0 aliphatic carbocycles. The molecule has 0 aliphatic rings. The van der Waals surface area contributed by atoms with Crippen LogP contribution in [0, 0.1) is 0 Å². The van der Waals surface area contributed by atoms with Crippen LogP contribution < -0.4 is 5.32 Å². The maximum Gasteiger partial charge on any atom is 0.330 e. The van der Waals surface area contributed by atoms with Crippen molar-refractivity contribution in [3.8, 4) is 0 Å². The molecule has 0 aromatic heterocycles. The lowest BCUT2D eigenvalue weighted by molar-refractivity contribution is -0.137. The molecule has 6 nitrogen and oxygen atoms in total. The molecule has 0 saturated carbocycles. The third-order valence-corrected chi connectivity index (χ3v) is 4.55. The van der Waals surface area contributed by atoms with Gasteiger partial charge in [-0.05, 0) is 42.8 Å². The van der Waals surface area contributed by atoms with Crippen molar-refractivity contribution in [2.24, 2.45) is 0 Å². The van der Waals surface area contributed by atoms with Crippen LogP contribution in [-0.2, 0) is 19.4 Å². The van der Waals surface area contributed by atoms with Gasteiger partial charge in [-0.25, -0.2) is 13.2 Å². The molecule has 0 aliphatic heterocycles. The Morgan fingerprint density at radius 1 is 1.08 bits per heavy atom. The maximum absolute atomic E-state index is 12.4. The predicted molar refractivity (Wildman–Crippen MR) is 99.6 cm³/mol. The molecule has 7 heteroatoms. The molecule has 136 valence electrons. The van der Waals surface area contributed by atoms with Gasteiger partial charge in [0.05, 0.1) is 17.1 Å². The Morgan fingerprint density at radius 3 is 2.35 bits per heavy atom. The second-order valence-corrected chi connectivity index (χ2v) is 7.41. The largest absolute Gasteiger partial charge is 0.463 e. The van der Waals surface area contributed by atoms with Crippen LogP contribution in [0.1, 0.15) is 22.8 Å². The van der Waals surface area contributed by atoms with Gasteiger partial charge >= 0.3 is 5.97 Å². The predicted octanol–water partition coefficient (Wildman–Crippen LogP) is 2.92. The molecule has 0 heterocycles. The lowest BCUT2D eigenvalue weighted by Gasteiger charge is -2.09. The minimum absolute atomic E-state index is 0.0218. The van der Waals surface area contributed by atoms with Crippen molar-refractivity contribution >= 4 is 33.5 Å². The summed E-state index contributed by atoms with van der Waals surface area (Å²) in [5.74, 6) is -0.942. The third-order valence-electron chi connectivity index (χ3n) is 3.40. The van der Waals surface area contributed by atoms with Gasteiger partial charge in [-0.3, -0.25) is 4.79 Å². The van der Waals surface area contributed by atoms with Crippen molar-refractivity contribution in [2.45, 2.75) is 11.8 Å². The highest BCUT2D eigenvalue weighted by molar-refractivity contribution is 7.90. The topological polar surface area (TPSA) is 89.5 Å². The summed E-state index contributed by atoms with van der Waals surface area (Å²) in [5.41, 5.74) is 1.35. The Kier molecular flexibility index (Phi) is 6.30. The van der Waals surface area contributed by atoms with E-state index in [1.165, 1.54) is 18.2 Å². The maximum atomic E-state index is 12.4. The number of benzene rings is 2. The zero-order chi connectivity index (χ0) is 19.2. The number of carbonyl (C=O) groups excluding carboxylic acids is 2. The van der Waals surface area contributed by atoms with Gasteiger partial charge in [0.15, 0.2) is 9.84 Å². The molecule has 2 aromatic carbocycles. The van der Waals surface area contributed by atoms with Crippen LogP contribution in [-0.4, -0.2) is 33.2 Å². The second-order valence-electron chi connectivity index (χ2n) is 5.43. The smallest absolute Gasteiger partial charge is 0.330 e. The highest BCUT2D eigenvalue weighted by Gasteiger charge is 2.18. The van der Waals surface area contributed by atoms with Crippen LogP contribution in [0.3, 0.4) is 0 Å². The number of carbonyl (C=O) groups is 2. The van der Waals surface area contributed by atoms with Crippen molar-refractivity contribution in [3.05, 3.63) is 65.7 Å². The normalized spacial score (nSPS) is 11.3. The Balaban J connectivity index is 2.13. The highest BCUT2D eigenvalue weighted by atomic mass is 32.2. The SMILES string of the molecule is CCOC(=O)C=Cc1ccc(NC(=O)c2ccccc2S(C)(=O)=O)cc1. The van der Waals surface area contributed by atoms with E-state index in [2.05, 4.69) is 5.32 Å². The molecule has 0 spiro atoms. The van der Waals surface area contributed by atoms with Gasteiger partial charge in [-0.15, -0.1) is 0 Å². The summed E-state index contributed by atoms with van der Waals surface area (Å²) in [7, 11) is -3.51. The molecule has 2 aromatic rings. The first-order valence-electron chi connectivity index (χ1n) is 7.86. The Labute approximate surface area is 152 Å². The van der Waals surface area contributed by atoms with Gasteiger partial charge < -0.3 is 10.1 Å². The Morgan fingerprint density at radius 2 is 1.73 bits per heavy atom. The summed E-state index contributed by atoms with van der Waals surface area (Å²) in [6.07, 6.45) is 3.98. The van der Waals surface area contributed by atoms with Crippen molar-refractivity contribution in [3.63, 3.8) is 0 Å². The summed E-state index contributed by atoms with van der Waals surface area (Å²) < 4.78 is 28.4. The third kappa shape index (κ3) is 5.29. The van der Waals surface area contributed by atoms with Gasteiger partial charge in [-0.2, -0.15) is 0 Å². The van der Waals surface area contributed by atoms with Crippen molar-refractivity contribution in [1.29, 1.82) is 0 Å². The van der Waals surface area contributed by atoms with Gasteiger partial charge in [0.25, 0.3) is 5.91 Å². The number of sulfone groups is 1. The minimum atomic E-state index is -3.51. The molecule has 1 N–H and O–H groups in total. The van der Waals surface area contributed by atoms with Crippen LogP contribution in [0.2, 0.25) is 0 Å². The molecule has 1 amide bonds. The van der Waals surface area contributed by atoms with Crippen LogP contribution >= 0.6 is 0 Å². The summed E-state index contributed by atoms with van der Waals surface area (Å²) >= 11 is 0. The number of nitrogens with one attached hydrogen (secondary N) is 1. The number of hydrogen-bond acceptors (Lipinski definition) is 5. The molecule has 0 atom stereocenters. The standard InChI is InChI=1S/C19H19NO5S/c1-3-25-18(21)13-10-14-8-11-15(12-9-14)20-19(22)16-6-4-5-7-17(16)26(2,23)24/h4-13H,3H2,1-2H3,(H,20,22). The molecule has 0 bridgehead atoms.